The molecule has 110 valence electrons. The van der Waals surface area contributed by atoms with Gasteiger partial charge in [-0.05, 0) is 42.5 Å². The topological polar surface area (TPSA) is 34.4 Å². The van der Waals surface area contributed by atoms with E-state index in [9.17, 15) is 4.79 Å². The summed E-state index contributed by atoms with van der Waals surface area (Å²) in [6.45, 7) is 4.52. The van der Waals surface area contributed by atoms with E-state index in [2.05, 4.69) is 36.9 Å². The smallest absolute Gasteiger partial charge is 0.289 e. The average Bonchev–Trinajstić information content (AvgIpc) is 3.09. The van der Waals surface area contributed by atoms with E-state index in [4.69, 9.17) is 6.42 Å². The van der Waals surface area contributed by atoms with Gasteiger partial charge in [0.2, 0.25) is 0 Å². The molecule has 1 amide bonds. The van der Waals surface area contributed by atoms with Crippen molar-refractivity contribution >= 4 is 38.8 Å². The molecule has 2 aromatic heterocycles. The van der Waals surface area contributed by atoms with Crippen molar-refractivity contribution in [1.82, 2.24) is 4.57 Å². The fourth-order valence-electron chi connectivity index (χ4n) is 2.38. The number of aromatic nitrogens is 1. The largest absolute Gasteiger partial charge is 0.305 e. The standard InChI is InChI=1S/C17H14N2OS2/c1-4-7-19-13-10-11(2)9-12(3)15(13)22-17(19)18-16(20)14-6-5-8-21-14/h1,5-6,8-10H,7H2,2-3H3. The van der Waals surface area contributed by atoms with Gasteiger partial charge in [0.1, 0.15) is 0 Å². The monoisotopic (exact) mass is 326 g/mol. The molecule has 0 N–H and O–H groups in total. The molecule has 3 rings (SSSR count). The number of carbonyl (C=O) groups excluding carboxylic acids is 1. The van der Waals surface area contributed by atoms with Gasteiger partial charge >= 0.3 is 0 Å². The molecule has 1 aromatic carbocycles. The van der Waals surface area contributed by atoms with Crippen LogP contribution in [0.25, 0.3) is 10.2 Å². The Balaban J connectivity index is 2.25. The second-order valence-corrected chi connectivity index (χ2v) is 6.92. The van der Waals surface area contributed by atoms with Crippen molar-refractivity contribution in [2.75, 3.05) is 0 Å². The molecule has 22 heavy (non-hydrogen) atoms. The van der Waals surface area contributed by atoms with Crippen molar-refractivity contribution in [1.29, 1.82) is 0 Å². The Labute approximate surface area is 136 Å². The summed E-state index contributed by atoms with van der Waals surface area (Å²) in [5, 5.41) is 1.87. The second kappa shape index (κ2) is 5.91. The minimum atomic E-state index is -0.221. The minimum absolute atomic E-state index is 0.221. The summed E-state index contributed by atoms with van der Waals surface area (Å²) in [4.78, 5) is 17.8. The van der Waals surface area contributed by atoms with Crippen molar-refractivity contribution in [3.63, 3.8) is 0 Å². The van der Waals surface area contributed by atoms with Crippen LogP contribution in [-0.2, 0) is 6.54 Å². The number of terminal acetylenes is 1. The van der Waals surface area contributed by atoms with E-state index in [1.54, 1.807) is 6.07 Å². The van der Waals surface area contributed by atoms with Crippen molar-refractivity contribution < 1.29 is 4.79 Å². The summed E-state index contributed by atoms with van der Waals surface area (Å²) in [5.41, 5.74) is 3.39. The van der Waals surface area contributed by atoms with Crippen LogP contribution in [0.15, 0.2) is 34.6 Å². The van der Waals surface area contributed by atoms with E-state index < -0.39 is 0 Å². The van der Waals surface area contributed by atoms with E-state index in [1.165, 1.54) is 33.8 Å². The van der Waals surface area contributed by atoms with E-state index >= 15 is 0 Å². The summed E-state index contributed by atoms with van der Waals surface area (Å²) >= 11 is 2.90. The highest BCUT2D eigenvalue weighted by molar-refractivity contribution is 7.16. The number of amides is 1. The maximum absolute atomic E-state index is 12.2. The number of benzene rings is 1. The molecular formula is C17H14N2OS2. The average molecular weight is 326 g/mol. The van der Waals surface area contributed by atoms with Crippen LogP contribution in [0.5, 0.6) is 0 Å². The second-order valence-electron chi connectivity index (χ2n) is 5.00. The van der Waals surface area contributed by atoms with E-state index in [0.717, 1.165) is 10.2 Å². The number of fused-ring (bicyclic) bond motifs is 1. The SMILES string of the molecule is C#CCn1c(=NC(=O)c2cccs2)sc2c(C)cc(C)cc21. The van der Waals surface area contributed by atoms with Crippen LogP contribution in [-0.4, -0.2) is 10.5 Å². The van der Waals surface area contributed by atoms with Crippen LogP contribution in [0, 0.1) is 26.2 Å². The fourth-order valence-corrected chi connectivity index (χ4v) is 4.07. The zero-order valence-corrected chi connectivity index (χ0v) is 13.9. The lowest BCUT2D eigenvalue weighted by atomic mass is 10.1. The van der Waals surface area contributed by atoms with Crippen LogP contribution < -0.4 is 4.80 Å². The predicted octanol–water partition coefficient (Wildman–Crippen LogP) is 3.76. The number of thiophene rings is 1. The van der Waals surface area contributed by atoms with Crippen molar-refractivity contribution in [3.05, 3.63) is 50.5 Å². The Bertz CT molecular complexity index is 953. The highest BCUT2D eigenvalue weighted by atomic mass is 32.1. The van der Waals surface area contributed by atoms with Gasteiger partial charge in [0.15, 0.2) is 4.80 Å². The molecule has 2 heterocycles. The molecule has 3 aromatic rings. The third kappa shape index (κ3) is 2.63. The highest BCUT2D eigenvalue weighted by Crippen LogP contribution is 2.23. The number of nitrogens with zero attached hydrogens (tertiary/aromatic N) is 2. The highest BCUT2D eigenvalue weighted by Gasteiger charge is 2.11. The Hall–Kier alpha value is -2.16. The van der Waals surface area contributed by atoms with Crippen LogP contribution in [0.4, 0.5) is 0 Å². The first kappa shape index (κ1) is 14.8. The maximum atomic E-state index is 12.2. The molecule has 0 fully saturated rings. The van der Waals surface area contributed by atoms with Gasteiger partial charge < -0.3 is 4.57 Å². The van der Waals surface area contributed by atoms with Gasteiger partial charge in [0.05, 0.1) is 21.6 Å². The predicted molar refractivity (Wildman–Crippen MR) is 92.3 cm³/mol. The number of aryl methyl sites for hydroxylation is 2. The molecule has 0 aliphatic rings. The summed E-state index contributed by atoms with van der Waals surface area (Å²) < 4.78 is 3.06. The lowest BCUT2D eigenvalue weighted by Crippen LogP contribution is -2.16. The van der Waals surface area contributed by atoms with Crippen molar-refractivity contribution in [2.24, 2.45) is 4.99 Å². The molecule has 0 spiro atoms. The molecule has 3 nitrogen and oxygen atoms in total. The lowest BCUT2D eigenvalue weighted by Gasteiger charge is -2.02. The van der Waals surface area contributed by atoms with Gasteiger partial charge in [-0.1, -0.05) is 29.4 Å². The summed E-state index contributed by atoms with van der Waals surface area (Å²) in [6.07, 6.45) is 5.49. The van der Waals surface area contributed by atoms with Crippen molar-refractivity contribution in [3.8, 4) is 12.3 Å². The molecule has 0 bridgehead atoms. The first-order chi connectivity index (χ1) is 10.6. The molecular weight excluding hydrogens is 312 g/mol. The Morgan fingerprint density at radius 3 is 2.91 bits per heavy atom. The minimum Gasteiger partial charge on any atom is -0.305 e. The van der Waals surface area contributed by atoms with Gasteiger partial charge in [-0.25, -0.2) is 0 Å². The van der Waals surface area contributed by atoms with Gasteiger partial charge in [-0.15, -0.1) is 17.8 Å². The third-order valence-electron chi connectivity index (χ3n) is 3.29. The van der Waals surface area contributed by atoms with Gasteiger partial charge in [0.25, 0.3) is 5.91 Å². The first-order valence-electron chi connectivity index (χ1n) is 6.77. The van der Waals surface area contributed by atoms with Gasteiger partial charge in [0, 0.05) is 0 Å². The molecule has 0 unspecified atom stereocenters. The third-order valence-corrected chi connectivity index (χ3v) is 5.38. The molecule has 5 heteroatoms. The summed E-state index contributed by atoms with van der Waals surface area (Å²) in [6, 6.07) is 7.85. The van der Waals surface area contributed by atoms with E-state index in [0.29, 0.717) is 16.2 Å². The number of thiazole rings is 1. The number of carbonyl (C=O) groups is 1. The van der Waals surface area contributed by atoms with Crippen LogP contribution in [0.1, 0.15) is 20.8 Å². The fraction of sp³-hybridized carbons (Fsp3) is 0.176. The van der Waals surface area contributed by atoms with E-state index in [1.807, 2.05) is 16.0 Å². The van der Waals surface area contributed by atoms with Crippen molar-refractivity contribution in [2.45, 2.75) is 20.4 Å². The van der Waals surface area contributed by atoms with Crippen LogP contribution >= 0.6 is 22.7 Å². The first-order valence-corrected chi connectivity index (χ1v) is 8.46. The number of hydrogen-bond acceptors (Lipinski definition) is 3. The Kier molecular flexibility index (Phi) is 3.97. The lowest BCUT2D eigenvalue weighted by molar-refractivity contribution is 0.100. The maximum Gasteiger partial charge on any atom is 0.289 e. The van der Waals surface area contributed by atoms with Crippen LogP contribution in [0.2, 0.25) is 0 Å². The molecule has 0 saturated carbocycles. The number of hydrogen-bond donors (Lipinski definition) is 0. The van der Waals surface area contributed by atoms with Crippen LogP contribution in [0.3, 0.4) is 0 Å². The molecule has 0 atom stereocenters. The van der Waals surface area contributed by atoms with Gasteiger partial charge in [-0.2, -0.15) is 4.99 Å². The van der Waals surface area contributed by atoms with E-state index in [-0.39, 0.29) is 5.91 Å². The zero-order chi connectivity index (χ0) is 15.7. The quantitative estimate of drug-likeness (QED) is 0.660. The normalized spacial score (nSPS) is 11.8. The molecule has 0 saturated heterocycles. The molecule has 0 aliphatic carbocycles. The summed E-state index contributed by atoms with van der Waals surface area (Å²) in [7, 11) is 0. The van der Waals surface area contributed by atoms with Gasteiger partial charge in [-0.3, -0.25) is 4.79 Å². The molecule has 0 aliphatic heterocycles. The Morgan fingerprint density at radius 2 is 2.23 bits per heavy atom. The number of rotatable bonds is 2. The molecule has 0 radical (unpaired) electrons. The Morgan fingerprint density at radius 1 is 1.41 bits per heavy atom. The summed E-state index contributed by atoms with van der Waals surface area (Å²) in [5.74, 6) is 2.43. The zero-order valence-electron chi connectivity index (χ0n) is 12.3.